The maximum Gasteiger partial charge on any atom is 0.226 e. The smallest absolute Gasteiger partial charge is 0.226 e. The van der Waals surface area contributed by atoms with E-state index in [-0.39, 0.29) is 0 Å². The maximum absolute atomic E-state index is 5.34. The molecular formula is C15H19N3O2. The molecule has 0 spiro atoms. The van der Waals surface area contributed by atoms with E-state index in [4.69, 9.17) is 9.26 Å². The van der Waals surface area contributed by atoms with E-state index >= 15 is 0 Å². The zero-order chi connectivity index (χ0) is 13.8. The summed E-state index contributed by atoms with van der Waals surface area (Å²) in [6, 6.07) is 7.94. The number of hydrogen-bond donors (Lipinski definition) is 1. The van der Waals surface area contributed by atoms with Crippen molar-refractivity contribution in [2.24, 2.45) is 5.92 Å². The van der Waals surface area contributed by atoms with E-state index in [1.807, 2.05) is 24.3 Å². The summed E-state index contributed by atoms with van der Waals surface area (Å²) >= 11 is 0. The predicted octanol–water partition coefficient (Wildman–Crippen LogP) is 1.82. The Kier molecular flexibility index (Phi) is 3.97. The van der Waals surface area contributed by atoms with Crippen molar-refractivity contribution in [1.82, 2.24) is 15.5 Å². The first kappa shape index (κ1) is 13.1. The molecule has 1 aromatic carbocycles. The molecule has 106 valence electrons. The molecule has 2 aromatic rings. The molecule has 0 amide bonds. The standard InChI is InChI=1S/C15H19N3O2/c1-19-13-4-2-3-11(7-13)8-14-17-15(20-18-14)9-12-5-6-16-10-12/h2-4,7,12,16H,5-6,8-10H2,1H3. The summed E-state index contributed by atoms with van der Waals surface area (Å²) in [5, 5.41) is 7.41. The van der Waals surface area contributed by atoms with E-state index in [0.29, 0.717) is 12.3 Å². The summed E-state index contributed by atoms with van der Waals surface area (Å²) in [5.74, 6) is 2.96. The Hall–Kier alpha value is -1.88. The summed E-state index contributed by atoms with van der Waals surface area (Å²) in [6.45, 7) is 2.14. The van der Waals surface area contributed by atoms with Gasteiger partial charge in [0, 0.05) is 12.8 Å². The number of aromatic nitrogens is 2. The first-order valence-electron chi connectivity index (χ1n) is 6.98. The minimum Gasteiger partial charge on any atom is -0.497 e. The fourth-order valence-corrected chi connectivity index (χ4v) is 2.55. The predicted molar refractivity (Wildman–Crippen MR) is 74.8 cm³/mol. The van der Waals surface area contributed by atoms with E-state index < -0.39 is 0 Å². The Morgan fingerprint density at radius 1 is 1.45 bits per heavy atom. The number of nitrogens with one attached hydrogen (secondary N) is 1. The lowest BCUT2D eigenvalue weighted by molar-refractivity contribution is 0.354. The molecule has 0 bridgehead atoms. The van der Waals surface area contributed by atoms with Gasteiger partial charge in [-0.3, -0.25) is 0 Å². The third kappa shape index (κ3) is 3.17. The van der Waals surface area contributed by atoms with Gasteiger partial charge in [-0.1, -0.05) is 17.3 Å². The average molecular weight is 273 g/mol. The van der Waals surface area contributed by atoms with E-state index in [9.17, 15) is 0 Å². The lowest BCUT2D eigenvalue weighted by atomic mass is 10.1. The number of benzene rings is 1. The summed E-state index contributed by atoms with van der Waals surface area (Å²) in [5.41, 5.74) is 1.12. The van der Waals surface area contributed by atoms with Crippen LogP contribution in [0.25, 0.3) is 0 Å². The van der Waals surface area contributed by atoms with Crippen molar-refractivity contribution < 1.29 is 9.26 Å². The van der Waals surface area contributed by atoms with Crippen LogP contribution in [0, 0.1) is 5.92 Å². The van der Waals surface area contributed by atoms with Crippen LogP contribution >= 0.6 is 0 Å². The second kappa shape index (κ2) is 6.05. The lowest BCUT2D eigenvalue weighted by Gasteiger charge is -2.02. The van der Waals surface area contributed by atoms with Crippen LogP contribution in [0.5, 0.6) is 5.75 Å². The van der Waals surface area contributed by atoms with Gasteiger partial charge in [-0.05, 0) is 43.1 Å². The van der Waals surface area contributed by atoms with Crippen LogP contribution in [0.15, 0.2) is 28.8 Å². The third-order valence-corrected chi connectivity index (χ3v) is 3.63. The van der Waals surface area contributed by atoms with Crippen molar-refractivity contribution >= 4 is 0 Å². The summed E-state index contributed by atoms with van der Waals surface area (Å²) in [6.07, 6.45) is 2.73. The highest BCUT2D eigenvalue weighted by Gasteiger charge is 2.18. The van der Waals surface area contributed by atoms with Gasteiger partial charge < -0.3 is 14.6 Å². The molecule has 1 saturated heterocycles. The zero-order valence-electron chi connectivity index (χ0n) is 11.6. The van der Waals surface area contributed by atoms with Crippen molar-refractivity contribution in [3.05, 3.63) is 41.5 Å². The Morgan fingerprint density at radius 2 is 2.40 bits per heavy atom. The largest absolute Gasteiger partial charge is 0.497 e. The van der Waals surface area contributed by atoms with E-state index in [1.54, 1.807) is 7.11 Å². The summed E-state index contributed by atoms with van der Waals surface area (Å²) in [7, 11) is 1.67. The maximum atomic E-state index is 5.34. The zero-order valence-corrected chi connectivity index (χ0v) is 11.6. The van der Waals surface area contributed by atoms with E-state index in [0.717, 1.165) is 42.5 Å². The normalized spacial score (nSPS) is 18.4. The van der Waals surface area contributed by atoms with Gasteiger partial charge in [0.05, 0.1) is 7.11 Å². The number of methoxy groups -OCH3 is 1. The average Bonchev–Trinajstić information content (AvgIpc) is 3.12. The van der Waals surface area contributed by atoms with Crippen LogP contribution in [-0.2, 0) is 12.8 Å². The van der Waals surface area contributed by atoms with Gasteiger partial charge in [-0.2, -0.15) is 4.98 Å². The van der Waals surface area contributed by atoms with Gasteiger partial charge in [0.15, 0.2) is 5.82 Å². The topological polar surface area (TPSA) is 60.2 Å². The van der Waals surface area contributed by atoms with Crippen LogP contribution in [-0.4, -0.2) is 30.3 Å². The molecule has 1 aliphatic heterocycles. The molecule has 1 aliphatic rings. The second-order valence-corrected chi connectivity index (χ2v) is 5.20. The fourth-order valence-electron chi connectivity index (χ4n) is 2.55. The Labute approximate surface area is 118 Å². The molecule has 1 atom stereocenters. The summed E-state index contributed by atoms with van der Waals surface area (Å²) in [4.78, 5) is 4.48. The van der Waals surface area contributed by atoms with Crippen molar-refractivity contribution in [3.8, 4) is 5.75 Å². The molecule has 0 saturated carbocycles. The first-order valence-corrected chi connectivity index (χ1v) is 6.98. The minimum atomic E-state index is 0.625. The van der Waals surface area contributed by atoms with Gasteiger partial charge in [0.25, 0.3) is 0 Å². The van der Waals surface area contributed by atoms with Crippen LogP contribution in [0.1, 0.15) is 23.7 Å². The number of hydrogen-bond acceptors (Lipinski definition) is 5. The fraction of sp³-hybridized carbons (Fsp3) is 0.467. The number of rotatable bonds is 5. The molecule has 1 N–H and O–H groups in total. The van der Waals surface area contributed by atoms with Crippen LogP contribution in [0.4, 0.5) is 0 Å². The molecule has 2 heterocycles. The van der Waals surface area contributed by atoms with E-state index in [1.165, 1.54) is 6.42 Å². The summed E-state index contributed by atoms with van der Waals surface area (Å²) < 4.78 is 10.6. The SMILES string of the molecule is COc1cccc(Cc2noc(CC3CCNC3)n2)c1. The molecule has 1 fully saturated rings. The molecule has 3 rings (SSSR count). The van der Waals surface area contributed by atoms with Gasteiger partial charge in [0.2, 0.25) is 5.89 Å². The van der Waals surface area contributed by atoms with Crippen LogP contribution in [0.2, 0.25) is 0 Å². The van der Waals surface area contributed by atoms with Gasteiger partial charge >= 0.3 is 0 Å². The highest BCUT2D eigenvalue weighted by Crippen LogP contribution is 2.17. The molecule has 1 unspecified atom stereocenters. The van der Waals surface area contributed by atoms with Gasteiger partial charge in [-0.15, -0.1) is 0 Å². The molecule has 5 heteroatoms. The molecule has 0 radical (unpaired) electrons. The van der Waals surface area contributed by atoms with Crippen molar-refractivity contribution in [1.29, 1.82) is 0 Å². The molecule has 5 nitrogen and oxygen atoms in total. The Balaban J connectivity index is 1.63. The first-order chi connectivity index (χ1) is 9.83. The van der Waals surface area contributed by atoms with Gasteiger partial charge in [0.1, 0.15) is 5.75 Å². The third-order valence-electron chi connectivity index (χ3n) is 3.63. The molecule has 20 heavy (non-hydrogen) atoms. The Bertz CT molecular complexity index is 562. The van der Waals surface area contributed by atoms with E-state index in [2.05, 4.69) is 15.5 Å². The molecule has 1 aromatic heterocycles. The minimum absolute atomic E-state index is 0.625. The molecular weight excluding hydrogens is 254 g/mol. The highest BCUT2D eigenvalue weighted by molar-refractivity contribution is 5.30. The van der Waals surface area contributed by atoms with Crippen molar-refractivity contribution in [3.63, 3.8) is 0 Å². The highest BCUT2D eigenvalue weighted by atomic mass is 16.5. The van der Waals surface area contributed by atoms with Crippen LogP contribution < -0.4 is 10.1 Å². The van der Waals surface area contributed by atoms with Crippen molar-refractivity contribution in [2.75, 3.05) is 20.2 Å². The van der Waals surface area contributed by atoms with Crippen molar-refractivity contribution in [2.45, 2.75) is 19.3 Å². The van der Waals surface area contributed by atoms with Crippen LogP contribution in [0.3, 0.4) is 0 Å². The van der Waals surface area contributed by atoms with Gasteiger partial charge in [-0.25, -0.2) is 0 Å². The number of ether oxygens (including phenoxy) is 1. The lowest BCUT2D eigenvalue weighted by Crippen LogP contribution is -2.10. The Morgan fingerprint density at radius 3 is 3.20 bits per heavy atom. The quantitative estimate of drug-likeness (QED) is 0.900. The monoisotopic (exact) mass is 273 g/mol. The second-order valence-electron chi connectivity index (χ2n) is 5.20. The molecule has 0 aliphatic carbocycles. The number of nitrogens with zero attached hydrogens (tertiary/aromatic N) is 2.